The lowest BCUT2D eigenvalue weighted by atomic mass is 10.2. The third kappa shape index (κ3) is 2.46. The van der Waals surface area contributed by atoms with Crippen LogP contribution in [-0.4, -0.2) is 45.0 Å². The molecule has 0 unspecified atom stereocenters. The van der Waals surface area contributed by atoms with Gasteiger partial charge in [0.15, 0.2) is 0 Å². The highest BCUT2D eigenvalue weighted by Crippen LogP contribution is 2.12. The lowest BCUT2D eigenvalue weighted by molar-refractivity contribution is 0.0697. The van der Waals surface area contributed by atoms with Crippen molar-refractivity contribution < 1.29 is 9.90 Å². The van der Waals surface area contributed by atoms with E-state index in [0.29, 0.717) is 5.56 Å². The standard InChI is InChI=1S/C14H17N3O2/c18-14(19)11-3-8-17-12(9-11)10-15-13(17)4-7-16-5-1-2-6-16/h3,8-10H,1-2,4-7H2,(H,18,19). The molecule has 0 aliphatic carbocycles. The monoisotopic (exact) mass is 259 g/mol. The third-order valence-corrected chi connectivity index (χ3v) is 3.71. The van der Waals surface area contributed by atoms with Crippen molar-refractivity contribution in [3.63, 3.8) is 0 Å². The van der Waals surface area contributed by atoms with Crippen LogP contribution in [0.25, 0.3) is 5.52 Å². The first kappa shape index (κ1) is 12.2. The van der Waals surface area contributed by atoms with Gasteiger partial charge in [0.25, 0.3) is 0 Å². The summed E-state index contributed by atoms with van der Waals surface area (Å²) in [6, 6.07) is 3.28. The summed E-state index contributed by atoms with van der Waals surface area (Å²) in [5.41, 5.74) is 1.15. The summed E-state index contributed by atoms with van der Waals surface area (Å²) in [6.07, 6.45) is 7.03. The number of imidazole rings is 1. The molecule has 1 aliphatic rings. The lowest BCUT2D eigenvalue weighted by Crippen LogP contribution is -2.22. The first-order chi connectivity index (χ1) is 9.24. The van der Waals surface area contributed by atoms with E-state index in [2.05, 4.69) is 9.88 Å². The van der Waals surface area contributed by atoms with E-state index in [-0.39, 0.29) is 0 Å². The SMILES string of the molecule is O=C(O)c1ccn2c(CCN3CCCC3)ncc2c1. The third-order valence-electron chi connectivity index (χ3n) is 3.71. The Morgan fingerprint density at radius 2 is 2.16 bits per heavy atom. The van der Waals surface area contributed by atoms with Crippen LogP contribution in [0.5, 0.6) is 0 Å². The number of aromatic carboxylic acids is 1. The van der Waals surface area contributed by atoms with Crippen LogP contribution in [0.3, 0.4) is 0 Å². The van der Waals surface area contributed by atoms with Gasteiger partial charge in [-0.2, -0.15) is 0 Å². The molecule has 0 amide bonds. The highest BCUT2D eigenvalue weighted by molar-refractivity contribution is 5.88. The van der Waals surface area contributed by atoms with E-state index >= 15 is 0 Å². The van der Waals surface area contributed by atoms with Crippen molar-refractivity contribution >= 4 is 11.5 Å². The molecule has 1 aliphatic heterocycles. The first-order valence-corrected chi connectivity index (χ1v) is 6.66. The van der Waals surface area contributed by atoms with Gasteiger partial charge in [-0.3, -0.25) is 0 Å². The molecule has 0 saturated carbocycles. The summed E-state index contributed by atoms with van der Waals surface area (Å²) in [5.74, 6) is 0.0983. The van der Waals surface area contributed by atoms with E-state index in [0.717, 1.165) is 24.3 Å². The largest absolute Gasteiger partial charge is 0.478 e. The molecular weight excluding hydrogens is 242 g/mol. The Morgan fingerprint density at radius 1 is 1.37 bits per heavy atom. The highest BCUT2D eigenvalue weighted by atomic mass is 16.4. The number of pyridine rings is 1. The Labute approximate surface area is 111 Å². The molecule has 0 bridgehead atoms. The molecule has 0 atom stereocenters. The number of carboxylic acids is 1. The number of aromatic nitrogens is 2. The van der Waals surface area contributed by atoms with Crippen molar-refractivity contribution in [2.75, 3.05) is 19.6 Å². The van der Waals surface area contributed by atoms with Crippen LogP contribution in [-0.2, 0) is 6.42 Å². The van der Waals surface area contributed by atoms with Crippen molar-refractivity contribution in [1.29, 1.82) is 0 Å². The average molecular weight is 259 g/mol. The fourth-order valence-electron chi connectivity index (χ4n) is 2.64. The molecule has 2 aromatic heterocycles. The van der Waals surface area contributed by atoms with E-state index in [1.54, 1.807) is 24.5 Å². The van der Waals surface area contributed by atoms with Crippen LogP contribution in [0, 0.1) is 0 Å². The summed E-state index contributed by atoms with van der Waals surface area (Å²) in [7, 11) is 0. The summed E-state index contributed by atoms with van der Waals surface area (Å²) in [5, 5.41) is 8.96. The van der Waals surface area contributed by atoms with Crippen molar-refractivity contribution in [2.24, 2.45) is 0 Å². The van der Waals surface area contributed by atoms with E-state index in [9.17, 15) is 4.79 Å². The van der Waals surface area contributed by atoms with Crippen molar-refractivity contribution in [1.82, 2.24) is 14.3 Å². The van der Waals surface area contributed by atoms with Gasteiger partial charge in [0.05, 0.1) is 17.3 Å². The minimum Gasteiger partial charge on any atom is -0.478 e. The number of nitrogens with zero attached hydrogens (tertiary/aromatic N) is 3. The molecule has 0 spiro atoms. The second-order valence-corrected chi connectivity index (χ2v) is 4.99. The maximum Gasteiger partial charge on any atom is 0.335 e. The van der Waals surface area contributed by atoms with Gasteiger partial charge in [-0.25, -0.2) is 9.78 Å². The normalized spacial score (nSPS) is 16.2. The van der Waals surface area contributed by atoms with Gasteiger partial charge in [-0.15, -0.1) is 0 Å². The fourth-order valence-corrected chi connectivity index (χ4v) is 2.64. The van der Waals surface area contributed by atoms with Gasteiger partial charge >= 0.3 is 5.97 Å². The van der Waals surface area contributed by atoms with Crippen LogP contribution >= 0.6 is 0 Å². The number of likely N-dealkylation sites (tertiary alicyclic amines) is 1. The molecular formula is C14H17N3O2. The molecule has 0 aromatic carbocycles. The summed E-state index contributed by atoms with van der Waals surface area (Å²) >= 11 is 0. The van der Waals surface area contributed by atoms with Gasteiger partial charge in [-0.05, 0) is 38.1 Å². The Bertz CT molecular complexity index is 600. The highest BCUT2D eigenvalue weighted by Gasteiger charge is 2.13. The quantitative estimate of drug-likeness (QED) is 0.907. The maximum absolute atomic E-state index is 10.9. The van der Waals surface area contributed by atoms with E-state index in [1.165, 1.54) is 25.9 Å². The fraction of sp³-hybridized carbons (Fsp3) is 0.429. The minimum atomic E-state index is -0.901. The second kappa shape index (κ2) is 5.01. The Hall–Kier alpha value is -1.88. The van der Waals surface area contributed by atoms with Gasteiger partial charge in [0, 0.05) is 19.2 Å². The summed E-state index contributed by atoms with van der Waals surface area (Å²) in [4.78, 5) is 17.8. The molecule has 1 saturated heterocycles. The van der Waals surface area contributed by atoms with Crippen molar-refractivity contribution in [3.05, 3.63) is 35.9 Å². The molecule has 3 heterocycles. The summed E-state index contributed by atoms with van der Waals surface area (Å²) in [6.45, 7) is 3.40. The van der Waals surface area contributed by atoms with Crippen LogP contribution in [0.2, 0.25) is 0 Å². The molecule has 1 fully saturated rings. The Balaban J connectivity index is 1.78. The molecule has 19 heavy (non-hydrogen) atoms. The predicted octanol–water partition coefficient (Wildman–Crippen LogP) is 1.67. The predicted molar refractivity (Wildman–Crippen MR) is 71.5 cm³/mol. The van der Waals surface area contributed by atoms with E-state index in [1.807, 2.05) is 4.40 Å². The summed E-state index contributed by atoms with van der Waals surface area (Å²) < 4.78 is 1.97. The minimum absolute atomic E-state index is 0.304. The molecule has 100 valence electrons. The zero-order chi connectivity index (χ0) is 13.2. The molecule has 1 N–H and O–H groups in total. The maximum atomic E-state index is 10.9. The smallest absolute Gasteiger partial charge is 0.335 e. The number of hydrogen-bond donors (Lipinski definition) is 1. The zero-order valence-electron chi connectivity index (χ0n) is 10.7. The van der Waals surface area contributed by atoms with Crippen LogP contribution in [0.4, 0.5) is 0 Å². The Morgan fingerprint density at radius 3 is 2.89 bits per heavy atom. The van der Waals surface area contributed by atoms with Crippen LogP contribution < -0.4 is 0 Å². The molecule has 5 nitrogen and oxygen atoms in total. The van der Waals surface area contributed by atoms with E-state index < -0.39 is 5.97 Å². The Kier molecular flexibility index (Phi) is 3.21. The van der Waals surface area contributed by atoms with Gasteiger partial charge in [0.1, 0.15) is 5.82 Å². The van der Waals surface area contributed by atoms with E-state index in [4.69, 9.17) is 5.11 Å². The van der Waals surface area contributed by atoms with Gasteiger partial charge in [0.2, 0.25) is 0 Å². The molecule has 5 heteroatoms. The van der Waals surface area contributed by atoms with Crippen LogP contribution in [0.15, 0.2) is 24.5 Å². The number of rotatable bonds is 4. The van der Waals surface area contributed by atoms with Gasteiger partial charge < -0.3 is 14.4 Å². The average Bonchev–Trinajstić information content (AvgIpc) is 3.05. The zero-order valence-corrected chi connectivity index (χ0v) is 10.7. The molecule has 3 rings (SSSR count). The first-order valence-electron chi connectivity index (χ1n) is 6.66. The van der Waals surface area contributed by atoms with Crippen molar-refractivity contribution in [3.8, 4) is 0 Å². The number of fused-ring (bicyclic) bond motifs is 1. The van der Waals surface area contributed by atoms with Crippen LogP contribution in [0.1, 0.15) is 29.0 Å². The molecule has 2 aromatic rings. The number of hydrogen-bond acceptors (Lipinski definition) is 3. The topological polar surface area (TPSA) is 57.8 Å². The molecule has 0 radical (unpaired) electrons. The second-order valence-electron chi connectivity index (χ2n) is 4.99. The number of carboxylic acid groups (broad SMARTS) is 1. The lowest BCUT2D eigenvalue weighted by Gasteiger charge is -2.13. The number of carbonyl (C=O) groups is 1. The van der Waals surface area contributed by atoms with Gasteiger partial charge in [-0.1, -0.05) is 0 Å². The van der Waals surface area contributed by atoms with Crippen molar-refractivity contribution in [2.45, 2.75) is 19.3 Å².